The second-order valence-electron chi connectivity index (χ2n) is 8.96. The molecule has 0 saturated carbocycles. The third kappa shape index (κ3) is 7.55. The molecule has 8 nitrogen and oxygen atoms in total. The summed E-state index contributed by atoms with van der Waals surface area (Å²) in [6, 6.07) is 27.0. The lowest BCUT2D eigenvalue weighted by atomic mass is 9.93. The molecule has 0 radical (unpaired) electrons. The van der Waals surface area contributed by atoms with Gasteiger partial charge in [-0.3, -0.25) is 0 Å². The van der Waals surface area contributed by atoms with E-state index in [2.05, 4.69) is 10.0 Å². The lowest BCUT2D eigenvalue weighted by molar-refractivity contribution is -0.224. The molecule has 1 aliphatic rings. The predicted molar refractivity (Wildman–Crippen MR) is 140 cm³/mol. The van der Waals surface area contributed by atoms with Crippen molar-refractivity contribution in [2.24, 2.45) is 5.11 Å². The van der Waals surface area contributed by atoms with Gasteiger partial charge in [0.2, 0.25) is 0 Å². The Bertz CT molecular complexity index is 1120. The Kier molecular flexibility index (Phi) is 9.94. The SMILES string of the molecule is COc1ccc(CO[C@@H]2C(COCc3ccccc3)OC(C)C(N=[N+]=[N-])[C@H]2OCc2ccccc2)cc1. The molecule has 3 aromatic carbocycles. The van der Waals surface area contributed by atoms with Gasteiger partial charge in [-0.15, -0.1) is 0 Å². The van der Waals surface area contributed by atoms with E-state index in [9.17, 15) is 5.53 Å². The van der Waals surface area contributed by atoms with Gasteiger partial charge in [0, 0.05) is 4.91 Å². The van der Waals surface area contributed by atoms with Crippen LogP contribution < -0.4 is 4.74 Å². The molecule has 0 aromatic heterocycles. The van der Waals surface area contributed by atoms with Crippen molar-refractivity contribution in [2.75, 3.05) is 13.7 Å². The highest BCUT2D eigenvalue weighted by Crippen LogP contribution is 2.30. The summed E-state index contributed by atoms with van der Waals surface area (Å²) in [4.78, 5) is 3.08. The summed E-state index contributed by atoms with van der Waals surface area (Å²) >= 11 is 0. The minimum atomic E-state index is -0.556. The van der Waals surface area contributed by atoms with Crippen molar-refractivity contribution in [3.05, 3.63) is 112 Å². The summed E-state index contributed by atoms with van der Waals surface area (Å²) in [5, 5.41) is 4.04. The first-order chi connectivity index (χ1) is 18.2. The van der Waals surface area contributed by atoms with E-state index in [4.69, 9.17) is 23.7 Å². The summed E-state index contributed by atoms with van der Waals surface area (Å²) in [5.41, 5.74) is 12.4. The van der Waals surface area contributed by atoms with E-state index in [1.165, 1.54) is 0 Å². The van der Waals surface area contributed by atoms with E-state index in [0.29, 0.717) is 26.4 Å². The third-order valence-electron chi connectivity index (χ3n) is 6.36. The third-order valence-corrected chi connectivity index (χ3v) is 6.36. The van der Waals surface area contributed by atoms with Gasteiger partial charge in [0.1, 0.15) is 18.0 Å². The Morgan fingerprint density at radius 1 is 0.784 bits per heavy atom. The molecule has 1 aliphatic heterocycles. The van der Waals surface area contributed by atoms with Crippen LogP contribution in [-0.2, 0) is 38.8 Å². The van der Waals surface area contributed by atoms with Crippen LogP contribution >= 0.6 is 0 Å². The van der Waals surface area contributed by atoms with Crippen LogP contribution in [0.2, 0.25) is 0 Å². The van der Waals surface area contributed by atoms with Crippen molar-refractivity contribution in [3.8, 4) is 5.75 Å². The second kappa shape index (κ2) is 13.8. The zero-order valence-electron chi connectivity index (χ0n) is 21.2. The topological polar surface area (TPSA) is 94.9 Å². The average Bonchev–Trinajstić information content (AvgIpc) is 2.94. The molecular formula is C29H33N3O5. The van der Waals surface area contributed by atoms with E-state index >= 15 is 0 Å². The summed E-state index contributed by atoms with van der Waals surface area (Å²) in [7, 11) is 1.64. The molecule has 0 amide bonds. The fourth-order valence-corrected chi connectivity index (χ4v) is 4.40. The number of hydrogen-bond donors (Lipinski definition) is 0. The van der Waals surface area contributed by atoms with Crippen LogP contribution in [-0.4, -0.2) is 44.2 Å². The van der Waals surface area contributed by atoms with Crippen LogP contribution in [0.15, 0.2) is 90.0 Å². The fraction of sp³-hybridized carbons (Fsp3) is 0.379. The van der Waals surface area contributed by atoms with Gasteiger partial charge in [0.05, 0.1) is 51.8 Å². The van der Waals surface area contributed by atoms with E-state index in [1.54, 1.807) is 7.11 Å². The normalized spacial score (nSPS) is 23.2. The maximum Gasteiger partial charge on any atom is 0.118 e. The van der Waals surface area contributed by atoms with Gasteiger partial charge >= 0.3 is 0 Å². The molecule has 1 heterocycles. The summed E-state index contributed by atoms with van der Waals surface area (Å²) in [6.45, 7) is 3.34. The van der Waals surface area contributed by atoms with Crippen molar-refractivity contribution in [1.82, 2.24) is 0 Å². The minimum absolute atomic E-state index is 0.306. The molecule has 5 atom stereocenters. The molecular weight excluding hydrogens is 470 g/mol. The number of hydrogen-bond acceptors (Lipinski definition) is 6. The standard InChI is InChI=1S/C29H33N3O5/c1-21-27(31-32-30)29(36-18-23-11-7-4-8-12-23)28(35-19-24-13-15-25(33-2)16-14-24)26(37-21)20-34-17-22-9-5-3-6-10-22/h3-16,21,26-29H,17-20H2,1-2H3/t21?,26?,27?,28-,29-/m1/s1. The van der Waals surface area contributed by atoms with Crippen molar-refractivity contribution in [2.45, 2.75) is 57.2 Å². The molecule has 194 valence electrons. The number of methoxy groups -OCH3 is 1. The summed E-state index contributed by atoms with van der Waals surface area (Å²) in [5.74, 6) is 0.776. The largest absolute Gasteiger partial charge is 0.497 e. The highest BCUT2D eigenvalue weighted by Gasteiger charge is 2.45. The Morgan fingerprint density at radius 3 is 1.95 bits per heavy atom. The lowest BCUT2D eigenvalue weighted by Gasteiger charge is -2.44. The molecule has 8 heteroatoms. The summed E-state index contributed by atoms with van der Waals surface area (Å²) < 4.78 is 30.4. The van der Waals surface area contributed by atoms with Gasteiger partial charge in [-0.25, -0.2) is 0 Å². The molecule has 1 saturated heterocycles. The van der Waals surface area contributed by atoms with Crippen molar-refractivity contribution in [1.29, 1.82) is 0 Å². The maximum absolute atomic E-state index is 9.29. The molecule has 0 aliphatic carbocycles. The molecule has 1 fully saturated rings. The van der Waals surface area contributed by atoms with Crippen molar-refractivity contribution < 1.29 is 23.7 Å². The molecule has 3 unspecified atom stereocenters. The lowest BCUT2D eigenvalue weighted by Crippen LogP contribution is -2.59. The molecule has 3 aromatic rings. The van der Waals surface area contributed by atoms with Gasteiger partial charge in [-0.05, 0) is 41.3 Å². The number of ether oxygens (including phenoxy) is 5. The highest BCUT2D eigenvalue weighted by atomic mass is 16.6. The quantitative estimate of drug-likeness (QED) is 0.176. The smallest absolute Gasteiger partial charge is 0.118 e. The zero-order valence-corrected chi connectivity index (χ0v) is 21.2. The predicted octanol–water partition coefficient (Wildman–Crippen LogP) is 5.85. The van der Waals surface area contributed by atoms with E-state index in [1.807, 2.05) is 91.9 Å². The van der Waals surface area contributed by atoms with Crippen molar-refractivity contribution >= 4 is 0 Å². The Morgan fingerprint density at radius 2 is 1.35 bits per heavy atom. The van der Waals surface area contributed by atoms with Gasteiger partial charge in [-0.1, -0.05) is 77.9 Å². The van der Waals surface area contributed by atoms with Crippen LogP contribution in [0.4, 0.5) is 0 Å². The van der Waals surface area contributed by atoms with E-state index < -0.39 is 24.4 Å². The molecule has 0 N–H and O–H groups in total. The Labute approximate surface area is 217 Å². The fourth-order valence-electron chi connectivity index (χ4n) is 4.40. The summed E-state index contributed by atoms with van der Waals surface area (Å²) in [6.07, 6.45) is -1.83. The first-order valence-electron chi connectivity index (χ1n) is 12.4. The first kappa shape index (κ1) is 26.7. The second-order valence-corrected chi connectivity index (χ2v) is 8.96. The minimum Gasteiger partial charge on any atom is -0.497 e. The Balaban J connectivity index is 1.53. The van der Waals surface area contributed by atoms with E-state index in [-0.39, 0.29) is 6.10 Å². The molecule has 0 spiro atoms. The van der Waals surface area contributed by atoms with Crippen LogP contribution in [0.25, 0.3) is 10.4 Å². The van der Waals surface area contributed by atoms with E-state index in [0.717, 1.165) is 22.4 Å². The average molecular weight is 504 g/mol. The molecule has 37 heavy (non-hydrogen) atoms. The highest BCUT2D eigenvalue weighted by molar-refractivity contribution is 5.26. The monoisotopic (exact) mass is 503 g/mol. The maximum atomic E-state index is 9.29. The van der Waals surface area contributed by atoms with Crippen LogP contribution in [0.1, 0.15) is 23.6 Å². The number of nitrogens with zero attached hydrogens (tertiary/aromatic N) is 3. The van der Waals surface area contributed by atoms with Gasteiger partial charge in [0.15, 0.2) is 0 Å². The zero-order chi connectivity index (χ0) is 25.9. The molecule has 0 bridgehead atoms. The van der Waals surface area contributed by atoms with Gasteiger partial charge < -0.3 is 23.7 Å². The number of azide groups is 1. The first-order valence-corrected chi connectivity index (χ1v) is 12.4. The van der Waals surface area contributed by atoms with Crippen LogP contribution in [0.3, 0.4) is 0 Å². The Hall–Kier alpha value is -3.39. The van der Waals surface area contributed by atoms with Crippen LogP contribution in [0, 0.1) is 0 Å². The van der Waals surface area contributed by atoms with Crippen LogP contribution in [0.5, 0.6) is 5.75 Å². The van der Waals surface area contributed by atoms with Crippen molar-refractivity contribution in [3.63, 3.8) is 0 Å². The molecule has 4 rings (SSSR count). The number of rotatable bonds is 12. The van der Waals surface area contributed by atoms with Gasteiger partial charge in [-0.2, -0.15) is 0 Å². The van der Waals surface area contributed by atoms with Gasteiger partial charge in [0.25, 0.3) is 0 Å². The number of benzene rings is 3.